The molecule has 0 saturated heterocycles. The lowest BCUT2D eigenvalue weighted by Crippen LogP contribution is -2.33. The second kappa shape index (κ2) is 7.08. The number of fused-ring (bicyclic) bond motifs is 1. The molecule has 1 aliphatic rings. The molecule has 0 aliphatic carbocycles. The third-order valence-corrected chi connectivity index (χ3v) is 4.88. The third-order valence-electron chi connectivity index (χ3n) is 3.92. The predicted octanol–water partition coefficient (Wildman–Crippen LogP) is 2.77. The van der Waals surface area contributed by atoms with Crippen LogP contribution < -0.4 is 15.2 Å². The molecule has 3 rings (SSSR count). The van der Waals surface area contributed by atoms with Crippen molar-refractivity contribution in [3.8, 4) is 5.88 Å². The summed E-state index contributed by atoms with van der Waals surface area (Å²) in [5, 5.41) is 0.758. The zero-order valence-electron chi connectivity index (χ0n) is 13.5. The number of hydrogen-bond donors (Lipinski definition) is 0. The Morgan fingerprint density at radius 2 is 2.00 bits per heavy atom. The Balaban J connectivity index is 1.97. The molecule has 1 aliphatic heterocycles. The molecule has 0 N–H and O–H groups in total. The standard InChI is InChI=1S/C17H21N3O2S/c1-3-19(4-2)14-15(22-12-13-8-6-5-7-9-13)18-17-20(16(14)21)10-11-23-17/h5-9H,3-4,10-12H2,1-2H3. The van der Waals surface area contributed by atoms with Crippen molar-refractivity contribution in [3.63, 3.8) is 0 Å². The SMILES string of the molecule is CCN(CC)c1c(OCc2ccccc2)nc2n(c1=O)CCS2. The summed E-state index contributed by atoms with van der Waals surface area (Å²) in [6.07, 6.45) is 0. The van der Waals surface area contributed by atoms with E-state index < -0.39 is 0 Å². The van der Waals surface area contributed by atoms with Crippen LogP contribution in [0.15, 0.2) is 40.3 Å². The first-order chi connectivity index (χ1) is 11.2. The molecule has 23 heavy (non-hydrogen) atoms. The molecule has 5 nitrogen and oxygen atoms in total. The minimum absolute atomic E-state index is 0.00626. The Hall–Kier alpha value is -1.95. The van der Waals surface area contributed by atoms with Crippen molar-refractivity contribution >= 4 is 17.4 Å². The van der Waals surface area contributed by atoms with Crippen LogP contribution in [0.2, 0.25) is 0 Å². The summed E-state index contributed by atoms with van der Waals surface area (Å²) >= 11 is 1.61. The molecule has 0 amide bonds. The summed E-state index contributed by atoms with van der Waals surface area (Å²) in [4.78, 5) is 19.5. The lowest BCUT2D eigenvalue weighted by molar-refractivity contribution is 0.288. The summed E-state index contributed by atoms with van der Waals surface area (Å²) in [5.41, 5.74) is 1.65. The normalized spacial score (nSPS) is 13.0. The predicted molar refractivity (Wildman–Crippen MR) is 93.6 cm³/mol. The van der Waals surface area contributed by atoms with Crippen LogP contribution in [0.5, 0.6) is 5.88 Å². The minimum Gasteiger partial charge on any atom is -0.471 e. The van der Waals surface area contributed by atoms with Gasteiger partial charge in [-0.2, -0.15) is 4.98 Å². The van der Waals surface area contributed by atoms with Crippen molar-refractivity contribution in [2.75, 3.05) is 23.7 Å². The fourth-order valence-electron chi connectivity index (χ4n) is 2.68. The molecule has 0 saturated carbocycles. The van der Waals surface area contributed by atoms with Gasteiger partial charge in [0.2, 0.25) is 5.88 Å². The van der Waals surface area contributed by atoms with Gasteiger partial charge in [-0.1, -0.05) is 42.1 Å². The lowest BCUT2D eigenvalue weighted by atomic mass is 10.2. The zero-order valence-corrected chi connectivity index (χ0v) is 14.3. The van der Waals surface area contributed by atoms with Gasteiger partial charge in [0.25, 0.3) is 5.56 Å². The van der Waals surface area contributed by atoms with E-state index in [1.54, 1.807) is 16.3 Å². The van der Waals surface area contributed by atoms with Crippen molar-refractivity contribution in [2.45, 2.75) is 32.2 Å². The minimum atomic E-state index is 0.00626. The fraction of sp³-hybridized carbons (Fsp3) is 0.412. The number of aromatic nitrogens is 2. The maximum atomic E-state index is 12.8. The first-order valence-corrected chi connectivity index (χ1v) is 8.92. The molecular weight excluding hydrogens is 310 g/mol. The highest BCUT2D eigenvalue weighted by atomic mass is 32.2. The van der Waals surface area contributed by atoms with Gasteiger partial charge in [0.15, 0.2) is 10.8 Å². The summed E-state index contributed by atoms with van der Waals surface area (Å²) < 4.78 is 7.69. The highest BCUT2D eigenvalue weighted by Crippen LogP contribution is 2.29. The molecule has 1 aromatic heterocycles. The first kappa shape index (κ1) is 15.9. The molecule has 2 aromatic rings. The largest absolute Gasteiger partial charge is 0.471 e. The Bertz CT molecular complexity index is 727. The molecule has 2 heterocycles. The van der Waals surface area contributed by atoms with Gasteiger partial charge in [-0.15, -0.1) is 0 Å². The van der Waals surface area contributed by atoms with Crippen LogP contribution in [-0.2, 0) is 13.2 Å². The van der Waals surface area contributed by atoms with Crippen molar-refractivity contribution in [3.05, 3.63) is 46.2 Å². The van der Waals surface area contributed by atoms with E-state index in [2.05, 4.69) is 4.98 Å². The Morgan fingerprint density at radius 1 is 1.26 bits per heavy atom. The molecule has 6 heteroatoms. The number of ether oxygens (including phenoxy) is 1. The molecule has 0 fully saturated rings. The second-order valence-electron chi connectivity index (χ2n) is 5.30. The maximum Gasteiger partial charge on any atom is 0.281 e. The molecule has 0 bridgehead atoms. The molecule has 122 valence electrons. The Labute approximate surface area is 140 Å². The third kappa shape index (κ3) is 3.22. The number of thioether (sulfide) groups is 1. The lowest BCUT2D eigenvalue weighted by Gasteiger charge is -2.23. The van der Waals surface area contributed by atoms with Crippen molar-refractivity contribution in [1.82, 2.24) is 9.55 Å². The van der Waals surface area contributed by atoms with Crippen LogP contribution in [0, 0.1) is 0 Å². The van der Waals surface area contributed by atoms with Gasteiger partial charge in [0.1, 0.15) is 6.61 Å². The monoisotopic (exact) mass is 331 g/mol. The molecule has 0 spiro atoms. The van der Waals surface area contributed by atoms with Gasteiger partial charge in [0.05, 0.1) is 0 Å². The number of hydrogen-bond acceptors (Lipinski definition) is 5. The highest BCUT2D eigenvalue weighted by Gasteiger charge is 2.24. The highest BCUT2D eigenvalue weighted by molar-refractivity contribution is 7.99. The number of rotatable bonds is 6. The smallest absolute Gasteiger partial charge is 0.281 e. The van der Waals surface area contributed by atoms with Crippen LogP contribution in [0.3, 0.4) is 0 Å². The van der Waals surface area contributed by atoms with E-state index >= 15 is 0 Å². The van der Waals surface area contributed by atoms with Crippen LogP contribution in [0.25, 0.3) is 0 Å². The van der Waals surface area contributed by atoms with E-state index in [1.807, 2.05) is 49.1 Å². The maximum absolute atomic E-state index is 12.8. The van der Waals surface area contributed by atoms with E-state index in [0.717, 1.165) is 36.1 Å². The average molecular weight is 331 g/mol. The van der Waals surface area contributed by atoms with Crippen molar-refractivity contribution in [2.24, 2.45) is 0 Å². The van der Waals surface area contributed by atoms with Crippen LogP contribution in [0.4, 0.5) is 5.69 Å². The Kier molecular flexibility index (Phi) is 4.91. The van der Waals surface area contributed by atoms with E-state index in [0.29, 0.717) is 18.2 Å². The fourth-order valence-corrected chi connectivity index (χ4v) is 3.61. The zero-order chi connectivity index (χ0) is 16.2. The van der Waals surface area contributed by atoms with Crippen molar-refractivity contribution < 1.29 is 4.74 Å². The molecule has 0 unspecified atom stereocenters. The summed E-state index contributed by atoms with van der Waals surface area (Å²) in [5.74, 6) is 1.34. The first-order valence-electron chi connectivity index (χ1n) is 7.93. The van der Waals surface area contributed by atoms with Gasteiger partial charge in [-0.05, 0) is 19.4 Å². The van der Waals surface area contributed by atoms with E-state index in [1.165, 1.54) is 0 Å². The number of benzene rings is 1. The molecule has 0 radical (unpaired) electrons. The Morgan fingerprint density at radius 3 is 2.70 bits per heavy atom. The van der Waals surface area contributed by atoms with E-state index in [-0.39, 0.29) is 5.56 Å². The van der Waals surface area contributed by atoms with E-state index in [4.69, 9.17) is 4.74 Å². The van der Waals surface area contributed by atoms with Gasteiger partial charge < -0.3 is 9.64 Å². The van der Waals surface area contributed by atoms with Crippen LogP contribution in [-0.4, -0.2) is 28.4 Å². The second-order valence-corrected chi connectivity index (χ2v) is 6.36. The molecule has 0 atom stereocenters. The van der Waals surface area contributed by atoms with Gasteiger partial charge in [-0.25, -0.2) is 0 Å². The summed E-state index contributed by atoms with van der Waals surface area (Å²) in [6.45, 7) is 6.71. The van der Waals surface area contributed by atoms with Crippen LogP contribution in [0.1, 0.15) is 19.4 Å². The topological polar surface area (TPSA) is 47.4 Å². The quantitative estimate of drug-likeness (QED) is 0.762. The molecule has 1 aromatic carbocycles. The molecular formula is C17H21N3O2S. The van der Waals surface area contributed by atoms with E-state index in [9.17, 15) is 4.79 Å². The number of anilines is 1. The van der Waals surface area contributed by atoms with Gasteiger partial charge in [0, 0.05) is 25.4 Å². The summed E-state index contributed by atoms with van der Waals surface area (Å²) in [6, 6.07) is 9.94. The average Bonchev–Trinajstić information content (AvgIpc) is 3.06. The van der Waals surface area contributed by atoms with Gasteiger partial charge >= 0.3 is 0 Å². The summed E-state index contributed by atoms with van der Waals surface area (Å²) in [7, 11) is 0. The van der Waals surface area contributed by atoms with Crippen molar-refractivity contribution in [1.29, 1.82) is 0 Å². The van der Waals surface area contributed by atoms with Crippen LogP contribution >= 0.6 is 11.8 Å². The number of nitrogens with zero attached hydrogens (tertiary/aromatic N) is 3. The van der Waals surface area contributed by atoms with Gasteiger partial charge in [-0.3, -0.25) is 9.36 Å².